The maximum absolute atomic E-state index is 2.37. The minimum atomic E-state index is -1.02. The second-order valence-electron chi connectivity index (χ2n) is 8.38. The molecule has 0 bridgehead atoms. The van der Waals surface area contributed by atoms with Crippen molar-refractivity contribution in [3.05, 3.63) is 71.8 Å². The lowest BCUT2D eigenvalue weighted by Gasteiger charge is -2.32. The lowest BCUT2D eigenvalue weighted by Crippen LogP contribution is -2.16. The van der Waals surface area contributed by atoms with Crippen LogP contribution in [0.3, 0.4) is 0 Å². The molecule has 0 aromatic heterocycles. The molecule has 1 heterocycles. The van der Waals surface area contributed by atoms with Crippen molar-refractivity contribution in [1.29, 1.82) is 0 Å². The van der Waals surface area contributed by atoms with Gasteiger partial charge in [-0.3, -0.25) is 0 Å². The zero-order valence-corrected chi connectivity index (χ0v) is 21.5. The molecule has 0 radical (unpaired) electrons. The van der Waals surface area contributed by atoms with E-state index in [-0.39, 0.29) is 0 Å². The summed E-state index contributed by atoms with van der Waals surface area (Å²) in [7, 11) is -1.02. The van der Waals surface area contributed by atoms with Crippen LogP contribution in [0.1, 0.15) is 70.4 Å². The van der Waals surface area contributed by atoms with E-state index in [4.69, 9.17) is 0 Å². The summed E-state index contributed by atoms with van der Waals surface area (Å²) in [5.74, 6) is 0. The Morgan fingerprint density at radius 2 is 0.967 bits per heavy atom. The van der Waals surface area contributed by atoms with Gasteiger partial charge in [-0.15, -0.1) is 0 Å². The summed E-state index contributed by atoms with van der Waals surface area (Å²) in [6.07, 6.45) is 12.6. The van der Waals surface area contributed by atoms with E-state index in [1.54, 1.807) is 0 Å². The SMILES string of the molecule is CCCC[P+](CCCC)(CCCC)C1SC(c2ccccc2)=C(c2ccccc2)S1. The van der Waals surface area contributed by atoms with E-state index >= 15 is 0 Å². The molecule has 0 fully saturated rings. The Hall–Kier alpha value is -0.690. The van der Waals surface area contributed by atoms with Crippen molar-refractivity contribution in [2.75, 3.05) is 18.5 Å². The fourth-order valence-electron chi connectivity index (χ4n) is 4.20. The molecule has 3 heteroatoms. The van der Waals surface area contributed by atoms with Crippen molar-refractivity contribution >= 4 is 40.6 Å². The predicted molar refractivity (Wildman–Crippen MR) is 145 cm³/mol. The Morgan fingerprint density at radius 3 is 1.30 bits per heavy atom. The highest BCUT2D eigenvalue weighted by molar-refractivity contribution is 8.36. The van der Waals surface area contributed by atoms with Gasteiger partial charge < -0.3 is 0 Å². The third-order valence-electron chi connectivity index (χ3n) is 6.03. The molecule has 3 rings (SSSR count). The first-order chi connectivity index (χ1) is 14.7. The van der Waals surface area contributed by atoms with E-state index in [9.17, 15) is 0 Å². The Morgan fingerprint density at radius 1 is 0.600 bits per heavy atom. The van der Waals surface area contributed by atoms with Crippen LogP contribution >= 0.6 is 30.8 Å². The molecule has 1 aliphatic rings. The van der Waals surface area contributed by atoms with Gasteiger partial charge in [0.1, 0.15) is 0 Å². The highest BCUT2D eigenvalue weighted by Gasteiger charge is 2.49. The molecule has 30 heavy (non-hydrogen) atoms. The van der Waals surface area contributed by atoms with Gasteiger partial charge in [0.05, 0.1) is 18.5 Å². The molecular weight excluding hydrogens is 419 g/mol. The summed E-state index contributed by atoms with van der Waals surface area (Å²) < 4.78 is 0.729. The number of hydrogen-bond donors (Lipinski definition) is 0. The summed E-state index contributed by atoms with van der Waals surface area (Å²) in [4.78, 5) is 3.04. The zero-order valence-electron chi connectivity index (χ0n) is 19.0. The maximum Gasteiger partial charge on any atom is 0.168 e. The zero-order chi connectivity index (χ0) is 21.2. The van der Waals surface area contributed by atoms with Gasteiger partial charge in [-0.25, -0.2) is 0 Å². The fourth-order valence-corrected chi connectivity index (χ4v) is 15.1. The number of hydrogen-bond acceptors (Lipinski definition) is 2. The summed E-state index contributed by atoms with van der Waals surface area (Å²) in [6, 6.07) is 22.3. The van der Waals surface area contributed by atoms with E-state index in [2.05, 4.69) is 105 Å². The second kappa shape index (κ2) is 12.4. The van der Waals surface area contributed by atoms with E-state index in [1.807, 2.05) is 0 Å². The molecule has 0 nitrogen and oxygen atoms in total. The Kier molecular flexibility index (Phi) is 9.88. The molecule has 2 aromatic rings. The Balaban J connectivity index is 1.98. The van der Waals surface area contributed by atoms with E-state index in [1.165, 1.54) is 77.9 Å². The summed E-state index contributed by atoms with van der Waals surface area (Å²) >= 11 is 4.43. The first-order valence-electron chi connectivity index (χ1n) is 11.8. The standard InChI is InChI=1S/C27H38PS2/c1-4-7-20-28(21-8-5-2,22-9-6-3)27-29-25(23-16-12-10-13-17-23)26(30-27)24-18-14-11-15-19-24/h10-19,27H,4-9,20-22H2,1-3H3/q+1. The molecule has 0 atom stereocenters. The van der Waals surface area contributed by atoms with Gasteiger partial charge in [-0.05, 0) is 30.4 Å². The van der Waals surface area contributed by atoms with Crippen LogP contribution in [0, 0.1) is 0 Å². The van der Waals surface area contributed by atoms with Crippen LogP contribution in [0.15, 0.2) is 60.7 Å². The molecular formula is C27H38PS2+. The molecule has 1 aliphatic heterocycles. The van der Waals surface area contributed by atoms with Crippen LogP contribution in [0.4, 0.5) is 0 Å². The van der Waals surface area contributed by atoms with Gasteiger partial charge in [0.25, 0.3) is 0 Å². The van der Waals surface area contributed by atoms with Crippen LogP contribution in [0.25, 0.3) is 9.81 Å². The van der Waals surface area contributed by atoms with Gasteiger partial charge in [-0.1, -0.05) is 124 Å². The van der Waals surface area contributed by atoms with Crippen LogP contribution < -0.4 is 0 Å². The molecule has 0 N–H and O–H groups in total. The van der Waals surface area contributed by atoms with E-state index < -0.39 is 7.26 Å². The molecule has 2 aromatic carbocycles. The summed E-state index contributed by atoms with van der Waals surface area (Å²) in [5, 5.41) is 0. The highest BCUT2D eigenvalue weighted by atomic mass is 32.2. The number of thioether (sulfide) groups is 2. The Labute approximate surface area is 194 Å². The van der Waals surface area contributed by atoms with Crippen LogP contribution in [0.2, 0.25) is 0 Å². The molecule has 0 amide bonds. The average Bonchev–Trinajstić information content (AvgIpc) is 3.26. The minimum absolute atomic E-state index is 0.729. The number of benzene rings is 2. The fraction of sp³-hybridized carbons (Fsp3) is 0.481. The molecule has 0 saturated carbocycles. The van der Waals surface area contributed by atoms with Crippen molar-refractivity contribution < 1.29 is 0 Å². The normalized spacial score (nSPS) is 15.2. The van der Waals surface area contributed by atoms with Crippen molar-refractivity contribution in [1.82, 2.24) is 0 Å². The molecule has 0 aliphatic carbocycles. The maximum atomic E-state index is 2.37. The number of unbranched alkanes of at least 4 members (excludes halogenated alkanes) is 3. The molecule has 0 unspecified atom stereocenters. The minimum Gasteiger partial charge on any atom is -0.0689 e. The van der Waals surface area contributed by atoms with E-state index in [0.29, 0.717) is 0 Å². The third-order valence-corrected chi connectivity index (χ3v) is 16.3. The van der Waals surface area contributed by atoms with E-state index in [0.717, 1.165) is 4.32 Å². The lowest BCUT2D eigenvalue weighted by molar-refractivity contribution is 0.836. The first-order valence-corrected chi connectivity index (χ1v) is 16.0. The highest BCUT2D eigenvalue weighted by Crippen LogP contribution is 2.76. The molecule has 0 saturated heterocycles. The quantitative estimate of drug-likeness (QED) is 0.291. The van der Waals surface area contributed by atoms with Gasteiger partial charge >= 0.3 is 0 Å². The average molecular weight is 458 g/mol. The van der Waals surface area contributed by atoms with Crippen LogP contribution in [-0.4, -0.2) is 22.8 Å². The van der Waals surface area contributed by atoms with Crippen molar-refractivity contribution in [2.45, 2.75) is 63.6 Å². The monoisotopic (exact) mass is 457 g/mol. The summed E-state index contributed by atoms with van der Waals surface area (Å²) in [6.45, 7) is 7.10. The van der Waals surface area contributed by atoms with Gasteiger partial charge in [-0.2, -0.15) is 0 Å². The Bertz CT molecular complexity index is 712. The van der Waals surface area contributed by atoms with Crippen molar-refractivity contribution in [2.24, 2.45) is 0 Å². The molecule has 0 spiro atoms. The van der Waals surface area contributed by atoms with Crippen LogP contribution in [-0.2, 0) is 0 Å². The topological polar surface area (TPSA) is 0 Å². The first kappa shape index (κ1) is 24.0. The predicted octanol–water partition coefficient (Wildman–Crippen LogP) is 9.69. The van der Waals surface area contributed by atoms with Gasteiger partial charge in [0.15, 0.2) is 4.32 Å². The smallest absolute Gasteiger partial charge is 0.0689 e. The number of rotatable bonds is 12. The largest absolute Gasteiger partial charge is 0.168 e. The van der Waals surface area contributed by atoms with Crippen molar-refractivity contribution in [3.8, 4) is 0 Å². The summed E-state index contributed by atoms with van der Waals surface area (Å²) in [5.41, 5.74) is 2.80. The van der Waals surface area contributed by atoms with Crippen LogP contribution in [0.5, 0.6) is 0 Å². The van der Waals surface area contributed by atoms with Crippen molar-refractivity contribution in [3.63, 3.8) is 0 Å². The lowest BCUT2D eigenvalue weighted by atomic mass is 10.1. The third kappa shape index (κ3) is 5.96. The molecule has 162 valence electrons. The van der Waals surface area contributed by atoms with Gasteiger partial charge in [0, 0.05) is 17.1 Å². The van der Waals surface area contributed by atoms with Gasteiger partial charge in [0.2, 0.25) is 0 Å². The second-order valence-corrected chi connectivity index (χ2v) is 15.9.